The lowest BCUT2D eigenvalue weighted by molar-refractivity contribution is 0.0489. The topological polar surface area (TPSA) is 63.4 Å². The van der Waals surface area contributed by atoms with Gasteiger partial charge in [-0.2, -0.15) is 5.10 Å². The Morgan fingerprint density at radius 1 is 1.33 bits per heavy atom. The Hall–Kier alpha value is -2.12. The van der Waals surface area contributed by atoms with Crippen LogP contribution in [-0.4, -0.2) is 63.8 Å². The Kier molecular flexibility index (Phi) is 4.60. The lowest BCUT2D eigenvalue weighted by atomic mass is 9.78. The van der Waals surface area contributed by atoms with Gasteiger partial charge in [0.25, 0.3) is 11.5 Å². The molecule has 3 atom stereocenters. The molecule has 7 nitrogen and oxygen atoms in total. The molecule has 4 heterocycles. The molecule has 2 aliphatic heterocycles. The van der Waals surface area contributed by atoms with E-state index in [1.807, 2.05) is 35.7 Å². The van der Waals surface area contributed by atoms with Gasteiger partial charge in [0.15, 0.2) is 0 Å². The first-order valence-electron chi connectivity index (χ1n) is 9.19. The van der Waals surface area contributed by atoms with E-state index in [0.717, 1.165) is 18.7 Å². The van der Waals surface area contributed by atoms with Gasteiger partial charge in [-0.3, -0.25) is 14.3 Å². The number of hydrogen-bond donors (Lipinski definition) is 0. The van der Waals surface area contributed by atoms with Gasteiger partial charge in [0.2, 0.25) is 0 Å². The predicted molar refractivity (Wildman–Crippen MR) is 103 cm³/mol. The maximum absolute atomic E-state index is 13.1. The number of amides is 1. The van der Waals surface area contributed by atoms with Crippen LogP contribution in [0.15, 0.2) is 29.2 Å². The number of likely N-dealkylation sites (N-methyl/N-ethyl adjacent to an activating group) is 1. The van der Waals surface area contributed by atoms with E-state index in [2.05, 4.69) is 10.00 Å². The van der Waals surface area contributed by atoms with Crippen LogP contribution in [-0.2, 0) is 7.05 Å². The number of likely N-dealkylation sites (tertiary alicyclic amines) is 1. The Morgan fingerprint density at radius 2 is 2.11 bits per heavy atom. The monoisotopic (exact) mass is 389 g/mol. The molecule has 27 heavy (non-hydrogen) atoms. The van der Waals surface area contributed by atoms with Crippen molar-refractivity contribution < 1.29 is 4.79 Å². The number of piperidine rings is 1. The van der Waals surface area contributed by atoms with Crippen molar-refractivity contribution in [3.05, 3.63) is 51.2 Å². The highest BCUT2D eigenvalue weighted by molar-refractivity contribution is 6.33. The summed E-state index contributed by atoms with van der Waals surface area (Å²) >= 11 is 6.20. The zero-order valence-corrected chi connectivity index (χ0v) is 16.6. The molecule has 1 saturated heterocycles. The van der Waals surface area contributed by atoms with E-state index >= 15 is 0 Å². The van der Waals surface area contributed by atoms with Crippen LogP contribution < -0.4 is 5.56 Å². The van der Waals surface area contributed by atoms with E-state index in [0.29, 0.717) is 23.8 Å². The maximum atomic E-state index is 13.1. The minimum Gasteiger partial charge on any atom is -0.336 e. The number of rotatable bonds is 3. The minimum absolute atomic E-state index is 0.0449. The summed E-state index contributed by atoms with van der Waals surface area (Å²) in [7, 11) is 5.76. The number of halogens is 1. The second kappa shape index (κ2) is 6.80. The van der Waals surface area contributed by atoms with Gasteiger partial charge >= 0.3 is 0 Å². The third kappa shape index (κ3) is 3.08. The normalized spacial score (nSPS) is 24.2. The molecule has 1 amide bonds. The molecular formula is C19H24ClN5O2. The number of fused-ring (bicyclic) bond motifs is 4. The van der Waals surface area contributed by atoms with Crippen molar-refractivity contribution in [2.45, 2.75) is 18.4 Å². The van der Waals surface area contributed by atoms with Crippen molar-refractivity contribution in [1.82, 2.24) is 24.1 Å². The van der Waals surface area contributed by atoms with E-state index in [4.69, 9.17) is 11.6 Å². The summed E-state index contributed by atoms with van der Waals surface area (Å²) in [5.74, 6) is 0.298. The van der Waals surface area contributed by atoms with Gasteiger partial charge < -0.3 is 14.4 Å². The standard InChI is InChI=1S/C19H24ClN5O2/c1-22(2)11-16-13-7-12(15-5-4-6-17(26)25(15)16)9-24(10-13)19(27)18-14(20)8-21-23(18)3/h4-6,8,12-13,16H,7,9-11H2,1-3H3/t12-,13+,16+/m1/s1. The fourth-order valence-corrected chi connectivity index (χ4v) is 4.87. The zero-order valence-electron chi connectivity index (χ0n) is 15.8. The van der Waals surface area contributed by atoms with Gasteiger partial charge in [-0.05, 0) is 32.5 Å². The molecule has 2 aromatic heterocycles. The first kappa shape index (κ1) is 18.3. The molecule has 0 saturated carbocycles. The summed E-state index contributed by atoms with van der Waals surface area (Å²) in [5.41, 5.74) is 1.49. The highest BCUT2D eigenvalue weighted by atomic mass is 35.5. The van der Waals surface area contributed by atoms with Crippen LogP contribution in [0, 0.1) is 5.92 Å². The Balaban J connectivity index is 1.72. The molecule has 0 spiro atoms. The number of pyridine rings is 1. The van der Waals surface area contributed by atoms with Crippen LogP contribution in [0.1, 0.15) is 34.6 Å². The first-order valence-corrected chi connectivity index (χ1v) is 9.57. The Bertz CT molecular complexity index is 915. The molecule has 4 rings (SSSR count). The lowest BCUT2D eigenvalue weighted by Crippen LogP contribution is -2.53. The van der Waals surface area contributed by atoms with Crippen LogP contribution in [0.25, 0.3) is 0 Å². The number of nitrogens with zero attached hydrogens (tertiary/aromatic N) is 5. The number of hydrogen-bond acceptors (Lipinski definition) is 4. The fraction of sp³-hybridized carbons (Fsp3) is 0.526. The molecule has 2 bridgehead atoms. The zero-order chi connectivity index (χ0) is 19.3. The lowest BCUT2D eigenvalue weighted by Gasteiger charge is -2.47. The van der Waals surface area contributed by atoms with Crippen molar-refractivity contribution in [3.8, 4) is 0 Å². The first-order chi connectivity index (χ1) is 12.9. The van der Waals surface area contributed by atoms with Crippen LogP contribution in [0.3, 0.4) is 0 Å². The van der Waals surface area contributed by atoms with Crippen LogP contribution in [0.5, 0.6) is 0 Å². The summed E-state index contributed by atoms with van der Waals surface area (Å²) in [6.07, 6.45) is 2.49. The molecule has 2 aromatic rings. The van der Waals surface area contributed by atoms with Crippen molar-refractivity contribution in [3.63, 3.8) is 0 Å². The number of aryl methyl sites for hydroxylation is 1. The summed E-state index contributed by atoms with van der Waals surface area (Å²) < 4.78 is 3.49. The Labute approximate surface area is 163 Å². The molecule has 8 heteroatoms. The summed E-state index contributed by atoms with van der Waals surface area (Å²) in [4.78, 5) is 29.7. The van der Waals surface area contributed by atoms with E-state index in [1.165, 1.54) is 10.9 Å². The van der Waals surface area contributed by atoms with Gasteiger partial charge in [-0.1, -0.05) is 17.7 Å². The summed E-state index contributed by atoms with van der Waals surface area (Å²) in [6.45, 7) is 1.98. The molecule has 0 unspecified atom stereocenters. The van der Waals surface area contributed by atoms with Crippen molar-refractivity contribution >= 4 is 17.5 Å². The molecule has 1 fully saturated rings. The molecule has 2 aliphatic rings. The van der Waals surface area contributed by atoms with E-state index < -0.39 is 0 Å². The molecule has 0 aliphatic carbocycles. The molecule has 0 aromatic carbocycles. The summed E-state index contributed by atoms with van der Waals surface area (Å²) in [5, 5.41) is 4.47. The maximum Gasteiger partial charge on any atom is 0.273 e. The number of aromatic nitrogens is 3. The third-order valence-electron chi connectivity index (χ3n) is 5.73. The molecule has 144 valence electrons. The Morgan fingerprint density at radius 3 is 2.78 bits per heavy atom. The fourth-order valence-electron chi connectivity index (χ4n) is 4.62. The van der Waals surface area contributed by atoms with E-state index in [1.54, 1.807) is 13.1 Å². The predicted octanol–water partition coefficient (Wildman–Crippen LogP) is 1.60. The second-order valence-electron chi connectivity index (χ2n) is 7.86. The van der Waals surface area contributed by atoms with Crippen LogP contribution in [0.4, 0.5) is 0 Å². The molecule has 0 N–H and O–H groups in total. The summed E-state index contributed by atoms with van der Waals surface area (Å²) in [6, 6.07) is 5.53. The van der Waals surface area contributed by atoms with E-state index in [9.17, 15) is 9.59 Å². The molecular weight excluding hydrogens is 366 g/mol. The smallest absolute Gasteiger partial charge is 0.273 e. The second-order valence-corrected chi connectivity index (χ2v) is 8.26. The average Bonchev–Trinajstić information content (AvgIpc) is 2.96. The van der Waals surface area contributed by atoms with Crippen molar-refractivity contribution in [1.29, 1.82) is 0 Å². The molecule has 0 radical (unpaired) electrons. The highest BCUT2D eigenvalue weighted by Crippen LogP contribution is 2.41. The van der Waals surface area contributed by atoms with Gasteiger partial charge in [0.1, 0.15) is 5.69 Å². The van der Waals surface area contributed by atoms with Crippen LogP contribution >= 0.6 is 11.6 Å². The largest absolute Gasteiger partial charge is 0.336 e. The highest BCUT2D eigenvalue weighted by Gasteiger charge is 2.42. The minimum atomic E-state index is -0.0926. The van der Waals surface area contributed by atoms with Gasteiger partial charge in [-0.15, -0.1) is 0 Å². The van der Waals surface area contributed by atoms with Gasteiger partial charge in [-0.25, -0.2) is 0 Å². The third-order valence-corrected chi connectivity index (χ3v) is 6.01. The van der Waals surface area contributed by atoms with Crippen LogP contribution in [0.2, 0.25) is 5.02 Å². The van der Waals surface area contributed by atoms with Gasteiger partial charge in [0, 0.05) is 44.4 Å². The van der Waals surface area contributed by atoms with E-state index in [-0.39, 0.29) is 29.3 Å². The van der Waals surface area contributed by atoms with Crippen molar-refractivity contribution in [2.75, 3.05) is 33.7 Å². The van der Waals surface area contributed by atoms with Gasteiger partial charge in [0.05, 0.1) is 17.3 Å². The number of carbonyl (C=O) groups is 1. The quantitative estimate of drug-likeness (QED) is 0.799. The number of carbonyl (C=O) groups excluding carboxylic acids is 1. The SMILES string of the molecule is CN(C)C[C@H]1[C@H]2C[C@H](CN(C(=O)c3c(Cl)cnn3C)C2)c2cccc(=O)n21. The van der Waals surface area contributed by atoms with Crippen molar-refractivity contribution in [2.24, 2.45) is 13.0 Å². The average molecular weight is 390 g/mol.